The van der Waals surface area contributed by atoms with Crippen LogP contribution in [0, 0.1) is 5.82 Å². The average Bonchev–Trinajstić information content (AvgIpc) is 2.56. The zero-order chi connectivity index (χ0) is 16.8. The lowest BCUT2D eigenvalue weighted by atomic mass is 10.0. The normalized spacial score (nSPS) is 11.6. The Labute approximate surface area is 134 Å². The highest BCUT2D eigenvalue weighted by Crippen LogP contribution is 2.25. The van der Waals surface area contributed by atoms with Crippen molar-refractivity contribution >= 4 is 11.9 Å². The molecule has 5 heteroatoms. The van der Waals surface area contributed by atoms with E-state index < -0.39 is 17.8 Å². The van der Waals surface area contributed by atoms with E-state index in [2.05, 4.69) is 0 Å². The van der Waals surface area contributed by atoms with Gasteiger partial charge in [0.2, 0.25) is 5.91 Å². The molecule has 2 rings (SSSR count). The molecule has 0 spiro atoms. The maximum Gasteiger partial charge on any atom is 0.333 e. The first-order valence-corrected chi connectivity index (χ1v) is 7.17. The average molecular weight is 315 g/mol. The van der Waals surface area contributed by atoms with Crippen molar-refractivity contribution < 1.29 is 18.7 Å². The summed E-state index contributed by atoms with van der Waals surface area (Å²) in [4.78, 5) is 25.7. The molecular formula is C18H18FNO3. The molecule has 0 saturated carbocycles. The van der Waals surface area contributed by atoms with Gasteiger partial charge in [-0.05, 0) is 23.3 Å². The monoisotopic (exact) mass is 315 g/mol. The molecule has 120 valence electrons. The van der Waals surface area contributed by atoms with Crippen LogP contribution in [-0.4, -0.2) is 23.9 Å². The van der Waals surface area contributed by atoms with Gasteiger partial charge in [-0.25, -0.2) is 9.18 Å². The third-order valence-corrected chi connectivity index (χ3v) is 3.52. The molecule has 0 aliphatic rings. The van der Waals surface area contributed by atoms with Crippen LogP contribution in [0.4, 0.5) is 4.39 Å². The molecule has 0 saturated heterocycles. The molecule has 0 heterocycles. The highest BCUT2D eigenvalue weighted by atomic mass is 19.1. The second kappa shape index (κ2) is 7.54. The van der Waals surface area contributed by atoms with Gasteiger partial charge >= 0.3 is 5.97 Å². The van der Waals surface area contributed by atoms with Gasteiger partial charge in [-0.15, -0.1) is 0 Å². The predicted molar refractivity (Wildman–Crippen MR) is 83.8 cm³/mol. The molecule has 2 aromatic carbocycles. The summed E-state index contributed by atoms with van der Waals surface area (Å²) in [6.07, 6.45) is 0. The minimum Gasteiger partial charge on any atom is -0.467 e. The van der Waals surface area contributed by atoms with E-state index in [9.17, 15) is 14.0 Å². The minimum atomic E-state index is -0.918. The quantitative estimate of drug-likeness (QED) is 0.797. The molecular weight excluding hydrogens is 297 g/mol. The Morgan fingerprint density at radius 2 is 1.70 bits per heavy atom. The van der Waals surface area contributed by atoms with E-state index in [1.807, 2.05) is 30.3 Å². The van der Waals surface area contributed by atoms with Crippen LogP contribution >= 0.6 is 0 Å². The predicted octanol–water partition coefficient (Wildman–Crippen LogP) is 3.09. The highest BCUT2D eigenvalue weighted by molar-refractivity contribution is 5.84. The van der Waals surface area contributed by atoms with Crippen molar-refractivity contribution in [2.45, 2.75) is 19.5 Å². The number of nitrogens with zero attached hydrogens (tertiary/aromatic N) is 1. The number of carbonyl (C=O) groups excluding carboxylic acids is 2. The molecule has 4 nitrogen and oxygen atoms in total. The Kier molecular flexibility index (Phi) is 5.46. The zero-order valence-corrected chi connectivity index (χ0v) is 13.0. The number of amides is 1. The largest absolute Gasteiger partial charge is 0.467 e. The van der Waals surface area contributed by atoms with E-state index in [1.54, 1.807) is 0 Å². The van der Waals surface area contributed by atoms with Crippen molar-refractivity contribution in [3.63, 3.8) is 0 Å². The molecule has 23 heavy (non-hydrogen) atoms. The number of hydrogen-bond donors (Lipinski definition) is 0. The van der Waals surface area contributed by atoms with Gasteiger partial charge in [-0.3, -0.25) is 4.79 Å². The van der Waals surface area contributed by atoms with E-state index in [-0.39, 0.29) is 12.5 Å². The van der Waals surface area contributed by atoms with E-state index in [0.29, 0.717) is 5.56 Å². The smallest absolute Gasteiger partial charge is 0.333 e. The molecule has 1 atom stereocenters. The van der Waals surface area contributed by atoms with Gasteiger partial charge in [0.05, 0.1) is 7.11 Å². The second-order valence-electron chi connectivity index (χ2n) is 5.11. The first kappa shape index (κ1) is 16.7. The topological polar surface area (TPSA) is 46.6 Å². The van der Waals surface area contributed by atoms with Gasteiger partial charge in [0.15, 0.2) is 6.04 Å². The summed E-state index contributed by atoms with van der Waals surface area (Å²) < 4.78 is 18.0. The SMILES string of the molecule is COC(=O)C(c1ccc(F)cc1)N(Cc1ccccc1)C(C)=O. The van der Waals surface area contributed by atoms with E-state index in [0.717, 1.165) is 5.56 Å². The number of ether oxygens (including phenoxy) is 1. The van der Waals surface area contributed by atoms with E-state index in [1.165, 1.54) is 43.2 Å². The molecule has 0 aliphatic heterocycles. The Morgan fingerprint density at radius 1 is 1.09 bits per heavy atom. The van der Waals surface area contributed by atoms with E-state index in [4.69, 9.17) is 4.74 Å². The first-order valence-electron chi connectivity index (χ1n) is 7.17. The summed E-state index contributed by atoms with van der Waals surface area (Å²) in [6, 6.07) is 13.9. The summed E-state index contributed by atoms with van der Waals surface area (Å²) in [7, 11) is 1.26. The molecule has 0 radical (unpaired) electrons. The molecule has 0 fully saturated rings. The van der Waals surface area contributed by atoms with Crippen LogP contribution in [-0.2, 0) is 20.9 Å². The van der Waals surface area contributed by atoms with Gasteiger partial charge < -0.3 is 9.64 Å². The molecule has 2 aromatic rings. The Hall–Kier alpha value is -2.69. The summed E-state index contributed by atoms with van der Waals surface area (Å²) in [5, 5.41) is 0. The maximum atomic E-state index is 13.1. The van der Waals surface area contributed by atoms with Crippen molar-refractivity contribution in [2.24, 2.45) is 0 Å². The summed E-state index contributed by atoms with van der Waals surface area (Å²) >= 11 is 0. The molecule has 1 amide bonds. The fourth-order valence-corrected chi connectivity index (χ4v) is 2.36. The lowest BCUT2D eigenvalue weighted by Gasteiger charge is -2.29. The maximum absolute atomic E-state index is 13.1. The van der Waals surface area contributed by atoms with Crippen molar-refractivity contribution in [3.8, 4) is 0 Å². The Bertz CT molecular complexity index is 670. The minimum absolute atomic E-state index is 0.257. The number of methoxy groups -OCH3 is 1. The summed E-state index contributed by atoms with van der Waals surface area (Å²) in [5.74, 6) is -1.24. The fourth-order valence-electron chi connectivity index (χ4n) is 2.36. The number of rotatable bonds is 5. The standard InChI is InChI=1S/C18H18FNO3/c1-13(21)20(12-14-6-4-3-5-7-14)17(18(22)23-2)15-8-10-16(19)11-9-15/h3-11,17H,12H2,1-2H3. The van der Waals surface area contributed by atoms with Gasteiger partial charge in [0.1, 0.15) is 5.82 Å². The first-order chi connectivity index (χ1) is 11.0. The number of benzene rings is 2. The third kappa shape index (κ3) is 4.16. The van der Waals surface area contributed by atoms with Crippen LogP contribution in [0.1, 0.15) is 24.1 Å². The van der Waals surface area contributed by atoms with Gasteiger partial charge in [0, 0.05) is 13.5 Å². The van der Waals surface area contributed by atoms with Gasteiger partial charge in [-0.2, -0.15) is 0 Å². The molecule has 0 aliphatic carbocycles. The fraction of sp³-hybridized carbons (Fsp3) is 0.222. The third-order valence-electron chi connectivity index (χ3n) is 3.52. The molecule has 0 aromatic heterocycles. The molecule has 0 N–H and O–H groups in total. The van der Waals surface area contributed by atoms with Gasteiger partial charge in [-0.1, -0.05) is 42.5 Å². The highest BCUT2D eigenvalue weighted by Gasteiger charge is 2.30. The lowest BCUT2D eigenvalue weighted by molar-refractivity contribution is -0.153. The van der Waals surface area contributed by atoms with Crippen LogP contribution in [0.2, 0.25) is 0 Å². The van der Waals surface area contributed by atoms with E-state index >= 15 is 0 Å². The Morgan fingerprint density at radius 3 is 2.22 bits per heavy atom. The Balaban J connectivity index is 2.39. The molecule has 0 bridgehead atoms. The van der Waals surface area contributed by atoms with Crippen LogP contribution < -0.4 is 0 Å². The van der Waals surface area contributed by atoms with Crippen LogP contribution in [0.25, 0.3) is 0 Å². The summed E-state index contributed by atoms with van der Waals surface area (Å²) in [5.41, 5.74) is 1.39. The number of esters is 1. The number of hydrogen-bond acceptors (Lipinski definition) is 3. The van der Waals surface area contributed by atoms with Crippen molar-refractivity contribution in [1.82, 2.24) is 4.90 Å². The van der Waals surface area contributed by atoms with Crippen molar-refractivity contribution in [2.75, 3.05) is 7.11 Å². The number of halogens is 1. The lowest BCUT2D eigenvalue weighted by Crippen LogP contribution is -2.37. The molecule has 1 unspecified atom stereocenters. The number of carbonyl (C=O) groups is 2. The van der Waals surface area contributed by atoms with Crippen LogP contribution in [0.5, 0.6) is 0 Å². The zero-order valence-electron chi connectivity index (χ0n) is 13.0. The van der Waals surface area contributed by atoms with Gasteiger partial charge in [0.25, 0.3) is 0 Å². The van der Waals surface area contributed by atoms with Crippen molar-refractivity contribution in [1.29, 1.82) is 0 Å². The van der Waals surface area contributed by atoms with Crippen LogP contribution in [0.3, 0.4) is 0 Å². The van der Waals surface area contributed by atoms with Crippen LogP contribution in [0.15, 0.2) is 54.6 Å². The summed E-state index contributed by atoms with van der Waals surface area (Å²) in [6.45, 7) is 1.65. The van der Waals surface area contributed by atoms with Crippen molar-refractivity contribution in [3.05, 3.63) is 71.5 Å². The second-order valence-corrected chi connectivity index (χ2v) is 5.11.